The fourth-order valence-electron chi connectivity index (χ4n) is 3.90. The summed E-state index contributed by atoms with van der Waals surface area (Å²) < 4.78 is 13.1. The Morgan fingerprint density at radius 3 is 2.37 bits per heavy atom. The molecule has 1 aliphatic carbocycles. The van der Waals surface area contributed by atoms with Gasteiger partial charge in [-0.25, -0.2) is 9.37 Å². The van der Waals surface area contributed by atoms with Crippen LogP contribution in [0.25, 0.3) is 0 Å². The van der Waals surface area contributed by atoms with Gasteiger partial charge < -0.3 is 10.2 Å². The molecule has 0 radical (unpaired) electrons. The molecule has 4 rings (SSSR count). The Balaban J connectivity index is 1.35. The second-order valence-electron chi connectivity index (χ2n) is 8.65. The number of hydrogen-bond acceptors (Lipinski definition) is 4. The SMILES string of the molecule is CC(C)C(NC(=O)c1ccc(F)cc1)C(=O)N1CCC(c2nc(C3CC3)n[nH]2)CC1. The number of H-pyrrole nitrogens is 1. The standard InChI is InChI=1S/C22H28FN5O2/c1-13(2)18(24-21(29)16-5-7-17(23)8-6-16)22(30)28-11-9-15(10-12-28)20-25-19(26-27-20)14-3-4-14/h5-8,13-15,18H,3-4,9-12H2,1-2H3,(H,24,29)(H,25,26,27). The van der Waals surface area contributed by atoms with Crippen LogP contribution in [0.3, 0.4) is 0 Å². The average Bonchev–Trinajstić information content (AvgIpc) is 3.48. The number of benzene rings is 1. The Morgan fingerprint density at radius 1 is 1.10 bits per heavy atom. The van der Waals surface area contributed by atoms with E-state index in [4.69, 9.17) is 0 Å². The number of aromatic amines is 1. The van der Waals surface area contributed by atoms with E-state index in [0.717, 1.165) is 24.5 Å². The number of carbonyl (C=O) groups excluding carboxylic acids is 2. The van der Waals surface area contributed by atoms with Crippen molar-refractivity contribution in [2.45, 2.75) is 57.4 Å². The van der Waals surface area contributed by atoms with Gasteiger partial charge >= 0.3 is 0 Å². The van der Waals surface area contributed by atoms with E-state index in [1.807, 2.05) is 18.7 Å². The highest BCUT2D eigenvalue weighted by molar-refractivity contribution is 5.97. The minimum Gasteiger partial charge on any atom is -0.341 e. The summed E-state index contributed by atoms with van der Waals surface area (Å²) in [5.41, 5.74) is 0.338. The molecular weight excluding hydrogens is 385 g/mol. The maximum Gasteiger partial charge on any atom is 0.251 e. The number of aromatic nitrogens is 3. The van der Waals surface area contributed by atoms with Crippen LogP contribution >= 0.6 is 0 Å². The zero-order valence-corrected chi connectivity index (χ0v) is 17.4. The van der Waals surface area contributed by atoms with E-state index >= 15 is 0 Å². The number of carbonyl (C=O) groups is 2. The Morgan fingerprint density at radius 2 is 1.77 bits per heavy atom. The van der Waals surface area contributed by atoms with E-state index in [2.05, 4.69) is 20.5 Å². The Kier molecular flexibility index (Phi) is 5.83. The van der Waals surface area contributed by atoms with Crippen LogP contribution in [-0.4, -0.2) is 51.0 Å². The van der Waals surface area contributed by atoms with E-state index in [1.54, 1.807) is 0 Å². The van der Waals surface area contributed by atoms with Crippen molar-refractivity contribution in [2.75, 3.05) is 13.1 Å². The summed E-state index contributed by atoms with van der Waals surface area (Å²) in [7, 11) is 0. The van der Waals surface area contributed by atoms with Gasteiger partial charge in [-0.05, 0) is 55.9 Å². The highest BCUT2D eigenvalue weighted by Crippen LogP contribution is 2.38. The van der Waals surface area contributed by atoms with Gasteiger partial charge in [-0.1, -0.05) is 13.8 Å². The summed E-state index contributed by atoms with van der Waals surface area (Å²) in [5.74, 6) is 1.74. The number of nitrogens with zero attached hydrogens (tertiary/aromatic N) is 3. The first-order chi connectivity index (χ1) is 14.4. The number of halogens is 1. The number of piperidine rings is 1. The minimum absolute atomic E-state index is 0.0602. The molecule has 1 aliphatic heterocycles. The first-order valence-electron chi connectivity index (χ1n) is 10.7. The van der Waals surface area contributed by atoms with E-state index in [-0.39, 0.29) is 23.7 Å². The Hall–Kier alpha value is -2.77. The number of nitrogens with one attached hydrogen (secondary N) is 2. The number of likely N-dealkylation sites (tertiary alicyclic amines) is 1. The summed E-state index contributed by atoms with van der Waals surface area (Å²) in [6, 6.07) is 4.70. The van der Waals surface area contributed by atoms with Gasteiger partial charge in [-0.15, -0.1) is 0 Å². The molecule has 8 heteroatoms. The molecule has 7 nitrogen and oxygen atoms in total. The van der Waals surface area contributed by atoms with E-state index in [1.165, 1.54) is 37.1 Å². The first-order valence-corrected chi connectivity index (χ1v) is 10.7. The predicted octanol–water partition coefficient (Wildman–Crippen LogP) is 2.98. The maximum atomic E-state index is 13.1. The summed E-state index contributed by atoms with van der Waals surface area (Å²) >= 11 is 0. The lowest BCUT2D eigenvalue weighted by molar-refractivity contribution is -0.135. The van der Waals surface area contributed by atoms with Gasteiger partial charge in [0, 0.05) is 30.5 Å². The smallest absolute Gasteiger partial charge is 0.251 e. The number of rotatable bonds is 6. The van der Waals surface area contributed by atoms with Crippen molar-refractivity contribution in [3.63, 3.8) is 0 Å². The van der Waals surface area contributed by atoms with Crippen molar-refractivity contribution in [1.82, 2.24) is 25.4 Å². The fraction of sp³-hybridized carbons (Fsp3) is 0.545. The maximum absolute atomic E-state index is 13.1. The molecule has 1 unspecified atom stereocenters. The number of amides is 2. The normalized spacial score (nSPS) is 18.5. The van der Waals surface area contributed by atoms with Gasteiger partial charge in [-0.2, -0.15) is 5.10 Å². The van der Waals surface area contributed by atoms with Crippen LogP contribution in [0.2, 0.25) is 0 Å². The topological polar surface area (TPSA) is 91.0 Å². The van der Waals surface area contributed by atoms with Crippen molar-refractivity contribution < 1.29 is 14.0 Å². The molecule has 1 saturated carbocycles. The predicted molar refractivity (Wildman–Crippen MR) is 109 cm³/mol. The molecule has 30 heavy (non-hydrogen) atoms. The minimum atomic E-state index is -0.620. The van der Waals surface area contributed by atoms with Crippen molar-refractivity contribution >= 4 is 11.8 Å². The second-order valence-corrected chi connectivity index (χ2v) is 8.65. The van der Waals surface area contributed by atoms with Crippen LogP contribution in [0.5, 0.6) is 0 Å². The summed E-state index contributed by atoms with van der Waals surface area (Å²) in [6.45, 7) is 5.07. The molecule has 0 spiro atoms. The third-order valence-electron chi connectivity index (χ3n) is 5.98. The molecule has 0 bridgehead atoms. The molecule has 2 fully saturated rings. The van der Waals surface area contributed by atoms with E-state index in [0.29, 0.717) is 24.6 Å². The average molecular weight is 413 g/mol. The van der Waals surface area contributed by atoms with Crippen LogP contribution in [0.4, 0.5) is 4.39 Å². The highest BCUT2D eigenvalue weighted by atomic mass is 19.1. The summed E-state index contributed by atoms with van der Waals surface area (Å²) in [4.78, 5) is 32.1. The molecule has 2 amide bonds. The van der Waals surface area contributed by atoms with E-state index in [9.17, 15) is 14.0 Å². The Labute approximate surface area is 175 Å². The van der Waals surface area contributed by atoms with Crippen LogP contribution in [0.1, 0.15) is 73.4 Å². The van der Waals surface area contributed by atoms with Crippen molar-refractivity contribution in [1.29, 1.82) is 0 Å². The molecule has 160 valence electrons. The van der Waals surface area contributed by atoms with Gasteiger partial charge in [0.15, 0.2) is 5.82 Å². The second kappa shape index (κ2) is 8.53. The molecule has 2 N–H and O–H groups in total. The highest BCUT2D eigenvalue weighted by Gasteiger charge is 2.33. The molecule has 2 heterocycles. The van der Waals surface area contributed by atoms with Crippen LogP contribution < -0.4 is 5.32 Å². The molecule has 2 aliphatic rings. The van der Waals surface area contributed by atoms with Gasteiger partial charge in [-0.3, -0.25) is 14.7 Å². The lowest BCUT2D eigenvalue weighted by atomic mass is 9.94. The lowest BCUT2D eigenvalue weighted by Gasteiger charge is -2.34. The number of hydrogen-bond donors (Lipinski definition) is 2. The Bertz CT molecular complexity index is 899. The largest absolute Gasteiger partial charge is 0.341 e. The molecule has 1 aromatic heterocycles. The van der Waals surface area contributed by atoms with Crippen molar-refractivity contribution in [3.8, 4) is 0 Å². The lowest BCUT2D eigenvalue weighted by Crippen LogP contribution is -2.52. The summed E-state index contributed by atoms with van der Waals surface area (Å²) in [5, 5.41) is 10.3. The molecule has 1 atom stereocenters. The first kappa shape index (κ1) is 20.5. The van der Waals surface area contributed by atoms with E-state index < -0.39 is 11.9 Å². The van der Waals surface area contributed by atoms with Gasteiger partial charge in [0.2, 0.25) is 5.91 Å². The monoisotopic (exact) mass is 413 g/mol. The fourth-order valence-corrected chi connectivity index (χ4v) is 3.90. The summed E-state index contributed by atoms with van der Waals surface area (Å²) in [6.07, 6.45) is 3.98. The third-order valence-corrected chi connectivity index (χ3v) is 5.98. The van der Waals surface area contributed by atoms with Crippen LogP contribution in [0, 0.1) is 11.7 Å². The van der Waals surface area contributed by atoms with Gasteiger partial charge in [0.25, 0.3) is 5.91 Å². The van der Waals surface area contributed by atoms with Crippen LogP contribution in [-0.2, 0) is 4.79 Å². The quantitative estimate of drug-likeness (QED) is 0.762. The zero-order chi connectivity index (χ0) is 21.3. The van der Waals surface area contributed by atoms with Crippen LogP contribution in [0.15, 0.2) is 24.3 Å². The third kappa shape index (κ3) is 4.52. The molecule has 1 aromatic carbocycles. The van der Waals surface area contributed by atoms with Crippen molar-refractivity contribution in [2.24, 2.45) is 5.92 Å². The molecular formula is C22H28FN5O2. The zero-order valence-electron chi connectivity index (χ0n) is 17.4. The van der Waals surface area contributed by atoms with Gasteiger partial charge in [0.05, 0.1) is 0 Å². The molecule has 2 aromatic rings. The van der Waals surface area contributed by atoms with Gasteiger partial charge in [0.1, 0.15) is 17.7 Å². The molecule has 1 saturated heterocycles. The van der Waals surface area contributed by atoms with Crippen molar-refractivity contribution in [3.05, 3.63) is 47.3 Å².